The standard InChI is InChI=1S/C20H24N2O5S/c1-5-27-20(24)17-7-6-8-18(15(17)3)21-19(23)13-22(4)28(25,26)16-11-9-14(2)10-12-16/h6-12H,5,13H2,1-4H3,(H,21,23). The number of amides is 1. The van der Waals surface area contributed by atoms with Crippen molar-refractivity contribution < 1.29 is 22.7 Å². The van der Waals surface area contributed by atoms with E-state index in [1.54, 1.807) is 44.2 Å². The molecule has 2 aromatic carbocycles. The summed E-state index contributed by atoms with van der Waals surface area (Å²) in [6.45, 7) is 5.15. The molecule has 0 aliphatic carbocycles. The lowest BCUT2D eigenvalue weighted by atomic mass is 10.1. The number of hydrogen-bond donors (Lipinski definition) is 1. The first-order valence-corrected chi connectivity index (χ1v) is 10.2. The predicted molar refractivity (Wildman–Crippen MR) is 107 cm³/mol. The van der Waals surface area contributed by atoms with Crippen LogP contribution in [0.15, 0.2) is 47.4 Å². The van der Waals surface area contributed by atoms with Gasteiger partial charge in [0.1, 0.15) is 0 Å². The molecule has 0 aliphatic rings. The molecule has 0 fully saturated rings. The van der Waals surface area contributed by atoms with Gasteiger partial charge in [0.15, 0.2) is 0 Å². The fourth-order valence-corrected chi connectivity index (χ4v) is 3.70. The van der Waals surface area contributed by atoms with Gasteiger partial charge in [-0.15, -0.1) is 0 Å². The molecule has 1 N–H and O–H groups in total. The molecule has 0 spiro atoms. The number of likely N-dealkylation sites (N-methyl/N-ethyl adjacent to an activating group) is 1. The molecule has 0 atom stereocenters. The first-order chi connectivity index (χ1) is 13.2. The number of benzene rings is 2. The second-order valence-corrected chi connectivity index (χ2v) is 8.37. The third-order valence-corrected chi connectivity index (χ3v) is 6.02. The first-order valence-electron chi connectivity index (χ1n) is 8.76. The minimum Gasteiger partial charge on any atom is -0.462 e. The number of ether oxygens (including phenoxy) is 1. The van der Waals surface area contributed by atoms with Gasteiger partial charge in [0.2, 0.25) is 15.9 Å². The lowest BCUT2D eigenvalue weighted by molar-refractivity contribution is -0.116. The molecule has 0 aliphatic heterocycles. The van der Waals surface area contributed by atoms with E-state index in [1.165, 1.54) is 19.2 Å². The van der Waals surface area contributed by atoms with Crippen molar-refractivity contribution in [3.8, 4) is 0 Å². The zero-order chi connectivity index (χ0) is 20.9. The zero-order valence-electron chi connectivity index (χ0n) is 16.4. The summed E-state index contributed by atoms with van der Waals surface area (Å²) in [7, 11) is -2.44. The van der Waals surface area contributed by atoms with E-state index in [0.29, 0.717) is 16.8 Å². The zero-order valence-corrected chi connectivity index (χ0v) is 17.2. The van der Waals surface area contributed by atoms with Crippen molar-refractivity contribution in [2.45, 2.75) is 25.7 Å². The van der Waals surface area contributed by atoms with Gasteiger partial charge in [0.05, 0.1) is 23.6 Å². The second-order valence-electron chi connectivity index (χ2n) is 6.32. The molecule has 0 saturated heterocycles. The quantitative estimate of drug-likeness (QED) is 0.717. The van der Waals surface area contributed by atoms with Crippen LogP contribution in [0.5, 0.6) is 0 Å². The molecule has 0 unspecified atom stereocenters. The van der Waals surface area contributed by atoms with Crippen LogP contribution in [0.4, 0.5) is 5.69 Å². The highest BCUT2D eigenvalue weighted by Gasteiger charge is 2.23. The van der Waals surface area contributed by atoms with Crippen LogP contribution in [0.25, 0.3) is 0 Å². The minimum absolute atomic E-state index is 0.119. The summed E-state index contributed by atoms with van der Waals surface area (Å²) in [6.07, 6.45) is 0. The van der Waals surface area contributed by atoms with Gasteiger partial charge in [-0.3, -0.25) is 4.79 Å². The summed E-state index contributed by atoms with van der Waals surface area (Å²) in [5.41, 5.74) is 2.27. The molecule has 0 radical (unpaired) electrons. The molecule has 1 amide bonds. The number of carbonyl (C=O) groups is 2. The maximum atomic E-state index is 12.6. The number of hydrogen-bond acceptors (Lipinski definition) is 5. The minimum atomic E-state index is -3.78. The van der Waals surface area contributed by atoms with E-state index in [1.807, 2.05) is 6.92 Å². The number of nitrogens with zero attached hydrogens (tertiary/aromatic N) is 1. The van der Waals surface area contributed by atoms with Crippen LogP contribution in [0.2, 0.25) is 0 Å². The van der Waals surface area contributed by atoms with Crippen molar-refractivity contribution in [1.29, 1.82) is 0 Å². The molecule has 7 nitrogen and oxygen atoms in total. The predicted octanol–water partition coefficient (Wildman–Crippen LogP) is 2.74. The van der Waals surface area contributed by atoms with Gasteiger partial charge in [-0.05, 0) is 50.6 Å². The van der Waals surface area contributed by atoms with E-state index in [-0.39, 0.29) is 18.0 Å². The maximum Gasteiger partial charge on any atom is 0.338 e. The van der Waals surface area contributed by atoms with Crippen molar-refractivity contribution in [2.75, 3.05) is 25.5 Å². The Bertz CT molecular complexity index is 969. The smallest absolute Gasteiger partial charge is 0.338 e. The number of esters is 1. The highest BCUT2D eigenvalue weighted by atomic mass is 32.2. The number of nitrogens with one attached hydrogen (secondary N) is 1. The number of anilines is 1. The third kappa shape index (κ3) is 4.96. The third-order valence-electron chi connectivity index (χ3n) is 4.20. The van der Waals surface area contributed by atoms with Crippen LogP contribution >= 0.6 is 0 Å². The topological polar surface area (TPSA) is 92.8 Å². The molecule has 0 saturated carbocycles. The summed E-state index contributed by atoms with van der Waals surface area (Å²) in [6, 6.07) is 11.3. The van der Waals surface area contributed by atoms with Crippen molar-refractivity contribution in [3.63, 3.8) is 0 Å². The van der Waals surface area contributed by atoms with Crippen molar-refractivity contribution in [1.82, 2.24) is 4.31 Å². The lowest BCUT2D eigenvalue weighted by Crippen LogP contribution is -2.35. The van der Waals surface area contributed by atoms with Gasteiger partial charge in [-0.25, -0.2) is 13.2 Å². The maximum absolute atomic E-state index is 12.6. The fraction of sp³-hybridized carbons (Fsp3) is 0.300. The van der Waals surface area contributed by atoms with Crippen LogP contribution < -0.4 is 5.32 Å². The first kappa shape index (κ1) is 21.6. The van der Waals surface area contributed by atoms with Gasteiger partial charge in [-0.1, -0.05) is 23.8 Å². The number of aryl methyl sites for hydroxylation is 1. The second kappa shape index (κ2) is 8.99. The Kier molecular flexibility index (Phi) is 6.93. The largest absolute Gasteiger partial charge is 0.462 e. The Labute approximate surface area is 165 Å². The van der Waals surface area contributed by atoms with E-state index < -0.39 is 21.9 Å². The molecule has 8 heteroatoms. The average molecular weight is 404 g/mol. The van der Waals surface area contributed by atoms with Gasteiger partial charge in [-0.2, -0.15) is 4.31 Å². The molecule has 150 valence electrons. The SMILES string of the molecule is CCOC(=O)c1cccc(NC(=O)CN(C)S(=O)(=O)c2ccc(C)cc2)c1C. The van der Waals surface area contributed by atoms with E-state index in [2.05, 4.69) is 5.32 Å². The molecule has 2 aromatic rings. The lowest BCUT2D eigenvalue weighted by Gasteiger charge is -2.18. The van der Waals surface area contributed by atoms with Gasteiger partial charge < -0.3 is 10.1 Å². The summed E-state index contributed by atoms with van der Waals surface area (Å²) in [4.78, 5) is 24.5. The molecular formula is C20H24N2O5S. The van der Waals surface area contributed by atoms with Gasteiger partial charge >= 0.3 is 5.97 Å². The Morgan fingerprint density at radius 1 is 1.07 bits per heavy atom. The number of sulfonamides is 1. The Morgan fingerprint density at radius 2 is 1.71 bits per heavy atom. The number of carbonyl (C=O) groups excluding carboxylic acids is 2. The van der Waals surface area contributed by atoms with Crippen LogP contribution in [0, 0.1) is 13.8 Å². The van der Waals surface area contributed by atoms with Crippen molar-refractivity contribution >= 4 is 27.6 Å². The molecule has 2 rings (SSSR count). The normalized spacial score (nSPS) is 11.3. The van der Waals surface area contributed by atoms with Gasteiger partial charge in [0.25, 0.3) is 0 Å². The van der Waals surface area contributed by atoms with Crippen LogP contribution in [-0.4, -0.2) is 44.8 Å². The van der Waals surface area contributed by atoms with E-state index >= 15 is 0 Å². The Balaban J connectivity index is 2.12. The fourth-order valence-electron chi connectivity index (χ4n) is 2.57. The monoisotopic (exact) mass is 404 g/mol. The summed E-state index contributed by atoms with van der Waals surface area (Å²) < 4.78 is 31.2. The molecule has 0 bridgehead atoms. The summed E-state index contributed by atoms with van der Waals surface area (Å²) in [5, 5.41) is 2.66. The Hall–Kier alpha value is -2.71. The van der Waals surface area contributed by atoms with Crippen LogP contribution in [-0.2, 0) is 19.6 Å². The van der Waals surface area contributed by atoms with Crippen LogP contribution in [0.3, 0.4) is 0 Å². The summed E-state index contributed by atoms with van der Waals surface area (Å²) in [5.74, 6) is -0.988. The highest BCUT2D eigenvalue weighted by Crippen LogP contribution is 2.20. The summed E-state index contributed by atoms with van der Waals surface area (Å²) >= 11 is 0. The highest BCUT2D eigenvalue weighted by molar-refractivity contribution is 7.89. The molecule has 28 heavy (non-hydrogen) atoms. The van der Waals surface area contributed by atoms with Crippen molar-refractivity contribution in [2.24, 2.45) is 0 Å². The number of rotatable bonds is 7. The van der Waals surface area contributed by atoms with E-state index in [4.69, 9.17) is 4.74 Å². The molecular weight excluding hydrogens is 380 g/mol. The molecule has 0 aromatic heterocycles. The van der Waals surface area contributed by atoms with Crippen molar-refractivity contribution in [3.05, 3.63) is 59.2 Å². The molecule has 0 heterocycles. The average Bonchev–Trinajstić information content (AvgIpc) is 2.63. The van der Waals surface area contributed by atoms with E-state index in [9.17, 15) is 18.0 Å². The van der Waals surface area contributed by atoms with Gasteiger partial charge in [0, 0.05) is 12.7 Å². The van der Waals surface area contributed by atoms with Crippen LogP contribution in [0.1, 0.15) is 28.4 Å². The van der Waals surface area contributed by atoms with E-state index in [0.717, 1.165) is 9.87 Å². The Morgan fingerprint density at radius 3 is 2.32 bits per heavy atom.